The number of carboxylic acids is 2. The number of halogens is 7. The van der Waals surface area contributed by atoms with Gasteiger partial charge in [-0.3, -0.25) is 14.5 Å². The van der Waals surface area contributed by atoms with E-state index in [-0.39, 0.29) is 35.2 Å². The van der Waals surface area contributed by atoms with E-state index >= 15 is 0 Å². The smallest absolute Gasteiger partial charge is 0.490 e. The van der Waals surface area contributed by atoms with Crippen molar-refractivity contribution >= 4 is 40.1 Å². The molecule has 22 heteroatoms. The number of nitrogens with one attached hydrogen (secondary N) is 2. The number of likely N-dealkylation sites (tertiary alicyclic amines) is 1. The number of phenolic OH excluding ortho intramolecular Hbond substituents is 1. The van der Waals surface area contributed by atoms with Crippen molar-refractivity contribution in [2.24, 2.45) is 0 Å². The molecular formula is C37H40F7N5O9S. The van der Waals surface area contributed by atoms with E-state index in [0.29, 0.717) is 61.4 Å². The van der Waals surface area contributed by atoms with Gasteiger partial charge in [0.1, 0.15) is 17.3 Å². The predicted molar refractivity (Wildman–Crippen MR) is 197 cm³/mol. The molecule has 14 nitrogen and oxygen atoms in total. The number of hydrogen-bond donors (Lipinski definition) is 6. The fourth-order valence-corrected chi connectivity index (χ4v) is 6.99. The molecule has 4 aromatic rings. The lowest BCUT2D eigenvalue weighted by molar-refractivity contribution is -0.193. The minimum atomic E-state index is -5.08. The quantitative estimate of drug-likeness (QED) is 0.0995. The van der Waals surface area contributed by atoms with E-state index in [0.717, 1.165) is 42.1 Å². The largest absolute Gasteiger partial charge is 0.506 e. The number of pyridine rings is 1. The molecule has 0 unspecified atom stereocenters. The van der Waals surface area contributed by atoms with Crippen molar-refractivity contribution < 1.29 is 70.3 Å². The number of aliphatic hydroxyl groups excluding tert-OH is 1. The maximum atomic E-state index is 14.6. The third-order valence-electron chi connectivity index (χ3n) is 9.24. The summed E-state index contributed by atoms with van der Waals surface area (Å²) in [6, 6.07) is 11.2. The van der Waals surface area contributed by atoms with E-state index in [9.17, 15) is 50.5 Å². The number of hydrogen-bond acceptors (Lipinski definition) is 11. The van der Waals surface area contributed by atoms with Crippen LogP contribution in [-0.2, 0) is 27.3 Å². The van der Waals surface area contributed by atoms with E-state index in [2.05, 4.69) is 20.2 Å². The van der Waals surface area contributed by atoms with Crippen LogP contribution in [0, 0.1) is 12.7 Å². The Morgan fingerprint density at radius 3 is 2.20 bits per heavy atom. The van der Waals surface area contributed by atoms with Crippen LogP contribution in [-0.4, -0.2) is 122 Å². The van der Waals surface area contributed by atoms with Crippen molar-refractivity contribution in [1.29, 1.82) is 0 Å². The van der Waals surface area contributed by atoms with Crippen LogP contribution in [0.5, 0.6) is 5.75 Å². The second-order valence-electron chi connectivity index (χ2n) is 13.6. The molecule has 6 N–H and O–H groups in total. The summed E-state index contributed by atoms with van der Waals surface area (Å²) in [5, 5.41) is 41.7. The van der Waals surface area contributed by atoms with E-state index < -0.39 is 30.4 Å². The predicted octanol–water partition coefficient (Wildman–Crippen LogP) is 4.78. The van der Waals surface area contributed by atoms with Crippen LogP contribution in [0.2, 0.25) is 0 Å². The lowest BCUT2D eigenvalue weighted by Gasteiger charge is -2.47. The number of piperidine rings is 1. The van der Waals surface area contributed by atoms with E-state index in [1.165, 1.54) is 23.5 Å². The highest BCUT2D eigenvalue weighted by molar-refractivity contribution is 7.09. The number of aliphatic hydroxyl groups is 1. The molecular weight excluding hydrogens is 823 g/mol. The molecule has 2 fully saturated rings. The van der Waals surface area contributed by atoms with Gasteiger partial charge in [-0.1, -0.05) is 12.1 Å². The summed E-state index contributed by atoms with van der Waals surface area (Å²) in [5.74, 6) is -5.88. The van der Waals surface area contributed by atoms with Gasteiger partial charge in [0, 0.05) is 49.6 Å². The van der Waals surface area contributed by atoms with Crippen LogP contribution in [0.15, 0.2) is 52.6 Å². The Bertz CT molecular complexity index is 2130. The summed E-state index contributed by atoms with van der Waals surface area (Å²) in [6.45, 7) is 6.55. The van der Waals surface area contributed by atoms with Crippen LogP contribution in [0.1, 0.15) is 51.1 Å². The molecule has 0 radical (unpaired) electrons. The monoisotopic (exact) mass is 863 g/mol. The molecule has 1 spiro atoms. The van der Waals surface area contributed by atoms with Gasteiger partial charge in [-0.25, -0.2) is 19.0 Å². The number of aryl methyl sites for hydroxylation is 1. The normalized spacial score (nSPS) is 16.1. The Morgan fingerprint density at radius 1 is 0.983 bits per heavy atom. The Morgan fingerprint density at radius 2 is 1.61 bits per heavy atom. The lowest BCUT2D eigenvalue weighted by Crippen LogP contribution is -2.58. The zero-order chi connectivity index (χ0) is 43.7. The van der Waals surface area contributed by atoms with Crippen LogP contribution in [0.4, 0.5) is 30.7 Å². The molecule has 4 heterocycles. The average Bonchev–Trinajstić information content (AvgIpc) is 3.60. The van der Waals surface area contributed by atoms with Gasteiger partial charge in [0.2, 0.25) is 5.56 Å². The number of phenols is 1. The Labute approximate surface area is 334 Å². The number of morpholine rings is 1. The van der Waals surface area contributed by atoms with Crippen molar-refractivity contribution in [1.82, 2.24) is 25.1 Å². The number of alkyl halides is 6. The molecule has 2 aromatic carbocycles. The first-order valence-corrected chi connectivity index (χ1v) is 18.6. The number of rotatable bonds is 9. The topological polar surface area (TPSA) is 206 Å². The van der Waals surface area contributed by atoms with Crippen molar-refractivity contribution in [3.8, 4) is 5.75 Å². The number of carboxylic acid groups (broad SMARTS) is 2. The first-order chi connectivity index (χ1) is 27.6. The number of nitrogens with zero attached hydrogens (tertiary/aromatic N) is 3. The number of thiazole rings is 1. The zero-order valence-electron chi connectivity index (χ0n) is 31.2. The van der Waals surface area contributed by atoms with Gasteiger partial charge >= 0.3 is 24.3 Å². The van der Waals surface area contributed by atoms with E-state index in [1.54, 1.807) is 24.3 Å². The van der Waals surface area contributed by atoms with Gasteiger partial charge < -0.3 is 40.4 Å². The number of aliphatic carboxylic acids is 2. The van der Waals surface area contributed by atoms with Gasteiger partial charge in [-0.15, -0.1) is 11.3 Å². The molecule has 6 rings (SSSR count). The number of fused-ring (bicyclic) bond motifs is 1. The molecule has 2 aliphatic rings. The van der Waals surface area contributed by atoms with Crippen LogP contribution in [0.3, 0.4) is 0 Å². The molecule has 0 aliphatic carbocycles. The first kappa shape index (κ1) is 46.5. The van der Waals surface area contributed by atoms with Crippen molar-refractivity contribution in [2.75, 3.05) is 45.9 Å². The average molecular weight is 864 g/mol. The molecule has 0 saturated carbocycles. The Hall–Kier alpha value is -5.16. The second-order valence-corrected chi connectivity index (χ2v) is 14.7. The Kier molecular flexibility index (Phi) is 15.6. The number of aromatic nitrogens is 2. The molecule has 0 bridgehead atoms. The highest BCUT2D eigenvalue weighted by Crippen LogP contribution is 2.32. The number of aromatic hydroxyl groups is 1. The molecule has 2 saturated heterocycles. The third kappa shape index (κ3) is 13.4. The highest BCUT2D eigenvalue weighted by atomic mass is 32.1. The number of ether oxygens (including phenoxy) is 1. The van der Waals surface area contributed by atoms with Crippen molar-refractivity contribution in [3.63, 3.8) is 0 Å². The third-order valence-corrected chi connectivity index (χ3v) is 10.0. The molecule has 2 aliphatic heterocycles. The van der Waals surface area contributed by atoms with Crippen molar-refractivity contribution in [3.05, 3.63) is 91.4 Å². The van der Waals surface area contributed by atoms with Gasteiger partial charge in [0.15, 0.2) is 0 Å². The standard InChI is InChI=1S/C33H38FN5O5S.2C2HF3O2/c1-21-36-27(19-45-21)32(43)39-12-13-44-33(20-39)7-10-38(11-8-33)18-23-14-22(15-24(34)16-23)6-9-35-17-29(41)25-2-4-28(40)31-26(25)3-5-30(42)37-31;2*3-2(4,5)1(6)7/h2-5,14-16,19,29,35,40-41H,6-13,17-18,20H2,1H3,(H,37,42);2*(H,6,7)/t29-;;/m0../s1. The second kappa shape index (κ2) is 19.7. The summed E-state index contributed by atoms with van der Waals surface area (Å²) >= 11 is 1.48. The molecule has 1 amide bonds. The van der Waals surface area contributed by atoms with E-state index in [4.69, 9.17) is 24.5 Å². The minimum Gasteiger partial charge on any atom is -0.506 e. The van der Waals surface area contributed by atoms with Crippen LogP contribution >= 0.6 is 11.3 Å². The number of carbonyl (C=O) groups excluding carboxylic acids is 1. The summed E-state index contributed by atoms with van der Waals surface area (Å²) in [7, 11) is 0. The molecule has 59 heavy (non-hydrogen) atoms. The van der Waals surface area contributed by atoms with Crippen LogP contribution in [0.25, 0.3) is 10.9 Å². The zero-order valence-corrected chi connectivity index (χ0v) is 32.0. The summed E-state index contributed by atoms with van der Waals surface area (Å²) in [5.41, 5.74) is 2.48. The Balaban J connectivity index is 0.000000471. The molecule has 2 aromatic heterocycles. The number of amides is 1. The maximum absolute atomic E-state index is 14.6. The summed E-state index contributed by atoms with van der Waals surface area (Å²) in [4.78, 5) is 53.6. The number of H-pyrrole nitrogens is 1. The number of aromatic amines is 1. The molecule has 322 valence electrons. The van der Waals surface area contributed by atoms with Gasteiger partial charge in [0.05, 0.1) is 35.4 Å². The summed E-state index contributed by atoms with van der Waals surface area (Å²) < 4.78 is 84.3. The molecule has 1 atom stereocenters. The fourth-order valence-electron chi connectivity index (χ4n) is 6.41. The number of benzene rings is 2. The van der Waals surface area contributed by atoms with Gasteiger partial charge in [-0.05, 0) is 73.7 Å². The minimum absolute atomic E-state index is 0.0350. The van der Waals surface area contributed by atoms with Gasteiger partial charge in [0.25, 0.3) is 5.91 Å². The highest BCUT2D eigenvalue weighted by Gasteiger charge is 2.42. The first-order valence-electron chi connectivity index (χ1n) is 17.8. The summed E-state index contributed by atoms with van der Waals surface area (Å²) in [6.07, 6.45) is -8.85. The van der Waals surface area contributed by atoms with Gasteiger partial charge in [-0.2, -0.15) is 26.3 Å². The fraction of sp³-hybridized carbons (Fsp3) is 0.432. The maximum Gasteiger partial charge on any atom is 0.490 e. The van der Waals surface area contributed by atoms with Crippen LogP contribution < -0.4 is 10.9 Å². The van der Waals surface area contributed by atoms with E-state index in [1.807, 2.05) is 23.3 Å². The SMILES string of the molecule is Cc1nc(C(=O)N2CCOC3(CCN(Cc4cc(F)cc(CCNC[C@H](O)c5ccc(O)c6[nH]c(=O)ccc56)c4)CC3)C2)cs1.O=C(O)C(F)(F)F.O=C(O)C(F)(F)F. The number of carbonyl (C=O) groups is 3. The lowest BCUT2D eigenvalue weighted by atomic mass is 9.89. The van der Waals surface area contributed by atoms with Crippen molar-refractivity contribution in [2.45, 2.75) is 56.8 Å².